The van der Waals surface area contributed by atoms with Gasteiger partial charge in [0, 0.05) is 18.0 Å². The quantitative estimate of drug-likeness (QED) is 0.312. The van der Waals surface area contributed by atoms with Gasteiger partial charge in [-0.2, -0.15) is 5.26 Å². The van der Waals surface area contributed by atoms with Crippen molar-refractivity contribution in [3.05, 3.63) is 41.5 Å². The predicted molar refractivity (Wildman–Crippen MR) is 143 cm³/mol. The Hall–Kier alpha value is -3.49. The molecule has 0 aliphatic heterocycles. The summed E-state index contributed by atoms with van der Waals surface area (Å²) in [6, 6.07) is 9.32. The molecular formula is C27H34N4O6S. The van der Waals surface area contributed by atoms with Crippen LogP contribution in [0.5, 0.6) is 0 Å². The number of benzene rings is 1. The Morgan fingerprint density at radius 3 is 2.55 bits per heavy atom. The molecule has 0 saturated heterocycles. The number of nitrogens with one attached hydrogen (secondary N) is 2. The molecule has 0 bridgehead atoms. The molecule has 0 unspecified atom stereocenters. The van der Waals surface area contributed by atoms with Crippen molar-refractivity contribution in [2.75, 3.05) is 23.5 Å². The first-order valence-corrected chi connectivity index (χ1v) is 14.3. The Morgan fingerprint density at radius 1 is 1.21 bits per heavy atom. The number of hydrogen-bond donors (Lipinski definition) is 3. The van der Waals surface area contributed by atoms with E-state index in [0.717, 1.165) is 31.9 Å². The van der Waals surface area contributed by atoms with Crippen LogP contribution in [-0.2, 0) is 19.4 Å². The summed E-state index contributed by atoms with van der Waals surface area (Å²) in [6.45, 7) is 4.64. The van der Waals surface area contributed by atoms with Crippen molar-refractivity contribution in [3.8, 4) is 6.07 Å². The van der Waals surface area contributed by atoms with E-state index in [9.17, 15) is 28.4 Å². The lowest BCUT2D eigenvalue weighted by Gasteiger charge is -2.33. The predicted octanol–water partition coefficient (Wildman–Crippen LogP) is 3.98. The van der Waals surface area contributed by atoms with E-state index in [1.807, 2.05) is 26.8 Å². The number of nitrogens with zero attached hydrogens (tertiary/aromatic N) is 2. The van der Waals surface area contributed by atoms with Crippen LogP contribution in [0.4, 0.5) is 17.3 Å². The Balaban J connectivity index is 1.95. The van der Waals surface area contributed by atoms with E-state index in [1.54, 1.807) is 12.1 Å². The van der Waals surface area contributed by atoms with Crippen LogP contribution in [0.3, 0.4) is 0 Å². The lowest BCUT2D eigenvalue weighted by atomic mass is 9.82. The first-order valence-electron chi connectivity index (χ1n) is 12.5. The fourth-order valence-corrected chi connectivity index (χ4v) is 5.20. The molecule has 11 heteroatoms. The van der Waals surface area contributed by atoms with Gasteiger partial charge in [-0.05, 0) is 63.8 Å². The van der Waals surface area contributed by atoms with Gasteiger partial charge in [0.05, 0.1) is 22.4 Å². The SMILES string of the molecule is CC(C)(C)OC(=O)C[C@H]1CCCC[C@H]1Nc1cc(C#N)c(C(=O)CO)c(Nc2cccc(S(C)(=O)=O)c2)n1. The number of rotatable bonds is 9. The number of pyridine rings is 1. The smallest absolute Gasteiger partial charge is 0.306 e. The second-order valence-corrected chi connectivity index (χ2v) is 12.5. The summed E-state index contributed by atoms with van der Waals surface area (Å²) in [4.78, 5) is 29.7. The number of aliphatic hydroxyl groups excluding tert-OH is 1. The molecule has 1 fully saturated rings. The molecule has 1 heterocycles. The average molecular weight is 543 g/mol. The van der Waals surface area contributed by atoms with Gasteiger partial charge < -0.3 is 20.5 Å². The molecule has 0 amide bonds. The minimum Gasteiger partial charge on any atom is -0.460 e. The third kappa shape index (κ3) is 7.76. The number of anilines is 3. The van der Waals surface area contributed by atoms with Gasteiger partial charge in [-0.15, -0.1) is 0 Å². The molecule has 1 aromatic heterocycles. The number of carbonyl (C=O) groups excluding carboxylic acids is 2. The molecule has 1 saturated carbocycles. The van der Waals surface area contributed by atoms with E-state index in [2.05, 4.69) is 15.6 Å². The fourth-order valence-electron chi connectivity index (χ4n) is 4.53. The summed E-state index contributed by atoms with van der Waals surface area (Å²) < 4.78 is 29.5. The highest BCUT2D eigenvalue weighted by Crippen LogP contribution is 2.32. The van der Waals surface area contributed by atoms with Gasteiger partial charge in [-0.25, -0.2) is 13.4 Å². The van der Waals surface area contributed by atoms with Gasteiger partial charge in [0.25, 0.3) is 0 Å². The number of sulfone groups is 1. The maximum absolute atomic E-state index is 12.6. The molecule has 10 nitrogen and oxygen atoms in total. The van der Waals surface area contributed by atoms with Crippen molar-refractivity contribution >= 4 is 38.9 Å². The number of aliphatic hydroxyl groups is 1. The molecule has 0 radical (unpaired) electrons. The second kappa shape index (κ2) is 11.9. The number of esters is 1. The molecule has 1 aromatic carbocycles. The monoisotopic (exact) mass is 542 g/mol. The zero-order chi connectivity index (χ0) is 28.1. The van der Waals surface area contributed by atoms with Crippen LogP contribution in [-0.4, -0.2) is 54.8 Å². The molecule has 1 aliphatic rings. The normalized spacial score (nSPS) is 17.8. The first kappa shape index (κ1) is 29.1. The zero-order valence-corrected chi connectivity index (χ0v) is 22.9. The molecule has 38 heavy (non-hydrogen) atoms. The molecule has 1 aliphatic carbocycles. The number of ether oxygens (including phenoxy) is 1. The van der Waals surface area contributed by atoms with Crippen LogP contribution in [0.15, 0.2) is 35.2 Å². The van der Waals surface area contributed by atoms with Crippen LogP contribution >= 0.6 is 0 Å². The van der Waals surface area contributed by atoms with Crippen molar-refractivity contribution in [2.24, 2.45) is 5.92 Å². The van der Waals surface area contributed by atoms with Gasteiger partial charge >= 0.3 is 5.97 Å². The van der Waals surface area contributed by atoms with Gasteiger partial charge in [-0.3, -0.25) is 9.59 Å². The lowest BCUT2D eigenvalue weighted by Crippen LogP contribution is -2.35. The van der Waals surface area contributed by atoms with Crippen LogP contribution in [0.25, 0.3) is 0 Å². The van der Waals surface area contributed by atoms with Crippen molar-refractivity contribution in [1.29, 1.82) is 5.26 Å². The number of hydrogen-bond acceptors (Lipinski definition) is 10. The van der Waals surface area contributed by atoms with Crippen LogP contribution in [0.1, 0.15) is 68.8 Å². The van der Waals surface area contributed by atoms with Crippen LogP contribution in [0, 0.1) is 17.2 Å². The number of Topliss-reactive ketones (excluding diaryl/α,β-unsaturated/α-hetero) is 1. The Kier molecular flexibility index (Phi) is 9.12. The van der Waals surface area contributed by atoms with E-state index in [1.165, 1.54) is 18.2 Å². The maximum atomic E-state index is 12.6. The summed E-state index contributed by atoms with van der Waals surface area (Å²) in [5.41, 5.74) is -0.335. The topological polar surface area (TPSA) is 158 Å². The molecule has 204 valence electrons. The van der Waals surface area contributed by atoms with Gasteiger partial charge in [0.2, 0.25) is 0 Å². The third-order valence-electron chi connectivity index (χ3n) is 6.18. The Labute approximate surface area is 223 Å². The van der Waals surface area contributed by atoms with E-state index in [0.29, 0.717) is 11.5 Å². The molecular weight excluding hydrogens is 508 g/mol. The van der Waals surface area contributed by atoms with E-state index in [-0.39, 0.29) is 46.2 Å². The summed E-state index contributed by atoms with van der Waals surface area (Å²) in [5, 5.41) is 25.6. The third-order valence-corrected chi connectivity index (χ3v) is 7.29. The van der Waals surface area contributed by atoms with Crippen molar-refractivity contribution in [1.82, 2.24) is 4.98 Å². The number of aromatic nitrogens is 1. The van der Waals surface area contributed by atoms with Gasteiger partial charge in [0.15, 0.2) is 15.6 Å². The first-order chi connectivity index (χ1) is 17.8. The van der Waals surface area contributed by atoms with Crippen LogP contribution < -0.4 is 10.6 Å². The Morgan fingerprint density at radius 2 is 1.92 bits per heavy atom. The fraction of sp³-hybridized carbons (Fsp3) is 0.481. The standard InChI is InChI=1S/C27H34N4O6S/c1-27(2,3)37-24(34)13-17-8-5-6-11-21(17)30-23-12-18(15-28)25(22(33)16-32)26(31-23)29-19-9-7-10-20(14-19)38(4,35)36/h7,9-10,12,14,17,21,32H,5-6,8,11,13,16H2,1-4H3,(H2,29,30,31)/t17-,21-/m1/s1. The van der Waals surface area contributed by atoms with Crippen molar-refractivity contribution < 1.29 is 27.9 Å². The van der Waals surface area contributed by atoms with Crippen LogP contribution in [0.2, 0.25) is 0 Å². The summed E-state index contributed by atoms with van der Waals surface area (Å²) in [6.07, 6.45) is 4.87. The summed E-state index contributed by atoms with van der Waals surface area (Å²) in [7, 11) is -3.49. The van der Waals surface area contributed by atoms with Crippen molar-refractivity contribution in [2.45, 2.75) is 69.4 Å². The average Bonchev–Trinajstić information content (AvgIpc) is 2.83. The van der Waals surface area contributed by atoms with E-state index < -0.39 is 27.8 Å². The highest BCUT2D eigenvalue weighted by atomic mass is 32.2. The summed E-state index contributed by atoms with van der Waals surface area (Å²) in [5.74, 6) is -0.663. The lowest BCUT2D eigenvalue weighted by molar-refractivity contribution is -0.156. The highest BCUT2D eigenvalue weighted by molar-refractivity contribution is 7.90. The zero-order valence-electron chi connectivity index (χ0n) is 22.1. The molecule has 2 aromatic rings. The minimum absolute atomic E-state index is 0.00261. The van der Waals surface area contributed by atoms with Crippen molar-refractivity contribution in [3.63, 3.8) is 0 Å². The Bertz CT molecular complexity index is 1340. The molecule has 3 rings (SSSR count). The molecule has 3 N–H and O–H groups in total. The molecule has 2 atom stereocenters. The van der Waals surface area contributed by atoms with Gasteiger partial charge in [-0.1, -0.05) is 18.9 Å². The largest absolute Gasteiger partial charge is 0.460 e. The second-order valence-electron chi connectivity index (χ2n) is 10.5. The van der Waals surface area contributed by atoms with E-state index in [4.69, 9.17) is 4.74 Å². The van der Waals surface area contributed by atoms with Gasteiger partial charge in [0.1, 0.15) is 29.9 Å². The number of carbonyl (C=O) groups is 2. The summed E-state index contributed by atoms with van der Waals surface area (Å²) >= 11 is 0. The number of ketones is 1. The molecule has 0 spiro atoms. The van der Waals surface area contributed by atoms with E-state index >= 15 is 0 Å². The number of nitriles is 1. The highest BCUT2D eigenvalue weighted by Gasteiger charge is 2.30. The minimum atomic E-state index is -3.49. The maximum Gasteiger partial charge on any atom is 0.306 e.